The van der Waals surface area contributed by atoms with Crippen LogP contribution < -0.4 is 25.0 Å². The van der Waals surface area contributed by atoms with Crippen LogP contribution in [0.5, 0.6) is 11.5 Å². The summed E-state index contributed by atoms with van der Waals surface area (Å²) >= 11 is 0. The Kier molecular flexibility index (Phi) is 8.89. The van der Waals surface area contributed by atoms with E-state index in [1.54, 1.807) is 14.2 Å². The average Bonchev–Trinajstić information content (AvgIpc) is 3.27. The number of guanidine groups is 1. The van der Waals surface area contributed by atoms with Crippen LogP contribution >= 0.6 is 0 Å². The van der Waals surface area contributed by atoms with Gasteiger partial charge in [-0.2, -0.15) is 0 Å². The molecule has 0 spiro atoms. The standard InChI is InChI=1S/C22H37N5O3/c1-23-22(24-7-4-5-8-26-10-12-30-13-11-26)25-18-6-9-27(17-18)19-14-20(28-2)16-21(15-19)29-3/h14-16,18H,4-13,17H2,1-3H3,(H2,23,24,25). The number of morpholine rings is 1. The summed E-state index contributed by atoms with van der Waals surface area (Å²) in [6.45, 7) is 7.87. The third kappa shape index (κ3) is 6.67. The highest BCUT2D eigenvalue weighted by atomic mass is 16.5. The van der Waals surface area contributed by atoms with Gasteiger partial charge >= 0.3 is 0 Å². The zero-order valence-electron chi connectivity index (χ0n) is 18.7. The summed E-state index contributed by atoms with van der Waals surface area (Å²) in [4.78, 5) is 9.24. The second-order valence-corrected chi connectivity index (χ2v) is 7.81. The highest BCUT2D eigenvalue weighted by molar-refractivity contribution is 5.80. The van der Waals surface area contributed by atoms with Gasteiger partial charge in [-0.05, 0) is 25.8 Å². The highest BCUT2D eigenvalue weighted by Crippen LogP contribution is 2.30. The van der Waals surface area contributed by atoms with Crippen LogP contribution in [-0.4, -0.2) is 90.7 Å². The average molecular weight is 420 g/mol. The van der Waals surface area contributed by atoms with Gasteiger partial charge in [-0.3, -0.25) is 9.89 Å². The Morgan fingerprint density at radius 3 is 2.50 bits per heavy atom. The Balaban J connectivity index is 1.39. The molecular weight excluding hydrogens is 382 g/mol. The van der Waals surface area contributed by atoms with Crippen LogP contribution in [0, 0.1) is 0 Å². The number of methoxy groups -OCH3 is 2. The van der Waals surface area contributed by atoms with Gasteiger partial charge in [-0.25, -0.2) is 0 Å². The molecule has 0 radical (unpaired) electrons. The minimum absolute atomic E-state index is 0.363. The van der Waals surface area contributed by atoms with Gasteiger partial charge in [-0.15, -0.1) is 0 Å². The van der Waals surface area contributed by atoms with Crippen LogP contribution in [0.15, 0.2) is 23.2 Å². The fourth-order valence-corrected chi connectivity index (χ4v) is 3.97. The third-order valence-corrected chi connectivity index (χ3v) is 5.75. The lowest BCUT2D eigenvalue weighted by Crippen LogP contribution is -2.45. The lowest BCUT2D eigenvalue weighted by atomic mass is 10.2. The van der Waals surface area contributed by atoms with E-state index in [0.717, 1.165) is 88.5 Å². The summed E-state index contributed by atoms with van der Waals surface area (Å²) in [6.07, 6.45) is 3.40. The van der Waals surface area contributed by atoms with Gasteiger partial charge in [0.05, 0.1) is 27.4 Å². The van der Waals surface area contributed by atoms with Crippen LogP contribution in [0.1, 0.15) is 19.3 Å². The van der Waals surface area contributed by atoms with E-state index >= 15 is 0 Å². The number of ether oxygens (including phenoxy) is 3. The Morgan fingerprint density at radius 2 is 1.83 bits per heavy atom. The van der Waals surface area contributed by atoms with E-state index in [-0.39, 0.29) is 0 Å². The van der Waals surface area contributed by atoms with Gasteiger partial charge < -0.3 is 29.7 Å². The number of rotatable bonds is 9. The van der Waals surface area contributed by atoms with Crippen LogP contribution in [0.2, 0.25) is 0 Å². The summed E-state index contributed by atoms with van der Waals surface area (Å²) in [6, 6.07) is 6.39. The molecule has 0 aliphatic carbocycles. The molecule has 3 rings (SSSR count). The van der Waals surface area contributed by atoms with E-state index in [0.29, 0.717) is 6.04 Å². The molecule has 0 aromatic heterocycles. The number of anilines is 1. The van der Waals surface area contributed by atoms with E-state index in [1.807, 2.05) is 13.1 Å². The smallest absolute Gasteiger partial charge is 0.191 e. The Labute approximate surface area is 180 Å². The molecule has 0 amide bonds. The van der Waals surface area contributed by atoms with Crippen LogP contribution in [0.3, 0.4) is 0 Å². The molecule has 2 saturated heterocycles. The van der Waals surface area contributed by atoms with Crippen molar-refractivity contribution in [3.63, 3.8) is 0 Å². The number of benzene rings is 1. The number of hydrogen-bond acceptors (Lipinski definition) is 6. The summed E-state index contributed by atoms with van der Waals surface area (Å²) < 4.78 is 16.2. The van der Waals surface area contributed by atoms with Crippen LogP contribution in [-0.2, 0) is 4.74 Å². The molecule has 2 heterocycles. The number of hydrogen-bond donors (Lipinski definition) is 2. The summed E-state index contributed by atoms with van der Waals surface area (Å²) in [7, 11) is 5.20. The van der Waals surface area contributed by atoms with Gasteiger partial charge in [0.15, 0.2) is 5.96 Å². The first kappa shape index (κ1) is 22.5. The Hall–Kier alpha value is -2.19. The third-order valence-electron chi connectivity index (χ3n) is 5.75. The normalized spacial score (nSPS) is 20.3. The number of nitrogens with one attached hydrogen (secondary N) is 2. The van der Waals surface area contributed by atoms with Crippen molar-refractivity contribution in [2.45, 2.75) is 25.3 Å². The molecule has 168 valence electrons. The fraction of sp³-hybridized carbons (Fsp3) is 0.682. The maximum Gasteiger partial charge on any atom is 0.191 e. The minimum atomic E-state index is 0.363. The van der Waals surface area contributed by atoms with Crippen molar-refractivity contribution >= 4 is 11.6 Å². The quantitative estimate of drug-likeness (QED) is 0.358. The van der Waals surface area contributed by atoms with Crippen molar-refractivity contribution in [1.82, 2.24) is 15.5 Å². The predicted molar refractivity (Wildman–Crippen MR) is 121 cm³/mol. The molecule has 1 unspecified atom stereocenters. The maximum atomic E-state index is 5.41. The zero-order valence-corrected chi connectivity index (χ0v) is 18.7. The molecule has 1 aromatic carbocycles. The molecule has 0 saturated carbocycles. The predicted octanol–water partition coefficient (Wildman–Crippen LogP) is 1.56. The van der Waals surface area contributed by atoms with Crippen molar-refractivity contribution < 1.29 is 14.2 Å². The van der Waals surface area contributed by atoms with E-state index in [4.69, 9.17) is 14.2 Å². The number of unbranched alkanes of at least 4 members (excludes halogenated alkanes) is 1. The molecule has 2 fully saturated rings. The number of aliphatic imine (C=N–C) groups is 1. The molecular formula is C22H37N5O3. The van der Waals surface area contributed by atoms with E-state index in [1.165, 1.54) is 6.42 Å². The summed E-state index contributed by atoms with van der Waals surface area (Å²) in [5.74, 6) is 2.52. The summed E-state index contributed by atoms with van der Waals surface area (Å²) in [5, 5.41) is 7.03. The molecule has 2 aliphatic rings. The van der Waals surface area contributed by atoms with E-state index in [2.05, 4.69) is 37.6 Å². The van der Waals surface area contributed by atoms with Crippen LogP contribution in [0.25, 0.3) is 0 Å². The van der Waals surface area contributed by atoms with Crippen molar-refractivity contribution in [3.05, 3.63) is 18.2 Å². The SMILES string of the molecule is CN=C(NCCCCN1CCOCC1)NC1CCN(c2cc(OC)cc(OC)c2)C1. The van der Waals surface area contributed by atoms with E-state index < -0.39 is 0 Å². The first-order chi connectivity index (χ1) is 14.7. The van der Waals surface area contributed by atoms with E-state index in [9.17, 15) is 0 Å². The second kappa shape index (κ2) is 11.9. The van der Waals surface area contributed by atoms with Crippen molar-refractivity contribution in [1.29, 1.82) is 0 Å². The first-order valence-electron chi connectivity index (χ1n) is 11.0. The second-order valence-electron chi connectivity index (χ2n) is 7.81. The van der Waals surface area contributed by atoms with Crippen molar-refractivity contribution in [3.8, 4) is 11.5 Å². The van der Waals surface area contributed by atoms with Gasteiger partial charge in [0, 0.05) is 69.7 Å². The minimum Gasteiger partial charge on any atom is -0.497 e. The molecule has 2 N–H and O–H groups in total. The highest BCUT2D eigenvalue weighted by Gasteiger charge is 2.24. The van der Waals surface area contributed by atoms with Crippen molar-refractivity contribution in [2.75, 3.05) is 78.6 Å². The van der Waals surface area contributed by atoms with Gasteiger partial charge in [0.1, 0.15) is 11.5 Å². The number of nitrogens with zero attached hydrogens (tertiary/aromatic N) is 3. The van der Waals surface area contributed by atoms with Crippen LogP contribution in [0.4, 0.5) is 5.69 Å². The van der Waals surface area contributed by atoms with Gasteiger partial charge in [0.25, 0.3) is 0 Å². The molecule has 1 aromatic rings. The molecule has 30 heavy (non-hydrogen) atoms. The lowest BCUT2D eigenvalue weighted by Gasteiger charge is -2.26. The van der Waals surface area contributed by atoms with Crippen molar-refractivity contribution in [2.24, 2.45) is 4.99 Å². The zero-order chi connectivity index (χ0) is 21.2. The largest absolute Gasteiger partial charge is 0.497 e. The molecule has 1 atom stereocenters. The van der Waals surface area contributed by atoms with Gasteiger partial charge in [0.2, 0.25) is 0 Å². The Bertz CT molecular complexity index is 656. The monoisotopic (exact) mass is 419 g/mol. The first-order valence-corrected chi connectivity index (χ1v) is 11.0. The molecule has 2 aliphatic heterocycles. The Morgan fingerprint density at radius 1 is 1.10 bits per heavy atom. The molecule has 8 nitrogen and oxygen atoms in total. The summed E-state index contributed by atoms with van der Waals surface area (Å²) in [5.41, 5.74) is 1.13. The maximum absolute atomic E-state index is 5.41. The lowest BCUT2D eigenvalue weighted by molar-refractivity contribution is 0.0372. The van der Waals surface area contributed by atoms with Gasteiger partial charge in [-0.1, -0.05) is 0 Å². The fourth-order valence-electron chi connectivity index (χ4n) is 3.97. The molecule has 0 bridgehead atoms. The topological polar surface area (TPSA) is 70.6 Å². The molecule has 8 heteroatoms.